The number of carbonyl (C=O) groups excluding carboxylic acids is 1. The van der Waals surface area contributed by atoms with Crippen LogP contribution in [0.3, 0.4) is 0 Å². The number of thioether (sulfide) groups is 1. The monoisotopic (exact) mass is 301 g/mol. The molecule has 1 aromatic rings. The number of nitrogens with one attached hydrogen (secondary N) is 1. The van der Waals surface area contributed by atoms with Gasteiger partial charge in [-0.15, -0.1) is 0 Å². The molecule has 0 radical (unpaired) electrons. The van der Waals surface area contributed by atoms with Crippen molar-refractivity contribution in [3.8, 4) is 6.19 Å². The Morgan fingerprint density at radius 1 is 1.63 bits per heavy atom. The first-order valence-corrected chi connectivity index (χ1v) is 6.49. The van der Waals surface area contributed by atoms with Gasteiger partial charge in [0.15, 0.2) is 11.4 Å². The summed E-state index contributed by atoms with van der Waals surface area (Å²) in [5.41, 5.74) is -0.224. The number of hydrogen-bond acceptors (Lipinski definition) is 5. The lowest BCUT2D eigenvalue weighted by Gasteiger charge is -2.07. The summed E-state index contributed by atoms with van der Waals surface area (Å²) < 4.78 is 18.0. The molecule has 1 aromatic carbocycles. The zero-order valence-corrected chi connectivity index (χ0v) is 11.6. The number of esters is 1. The third-order valence-corrected chi connectivity index (χ3v) is 3.00. The Kier molecular flexibility index (Phi) is 5.60. The largest absolute Gasteiger partial charge is 0.465 e. The van der Waals surface area contributed by atoms with E-state index in [0.717, 1.165) is 13.2 Å². The number of aliphatic imine (C=N–C) groups is 1. The highest BCUT2D eigenvalue weighted by Crippen LogP contribution is 2.31. The third kappa shape index (κ3) is 3.59. The van der Waals surface area contributed by atoms with Crippen LogP contribution in [0.15, 0.2) is 17.1 Å². The van der Waals surface area contributed by atoms with Crippen LogP contribution >= 0.6 is 23.4 Å². The molecule has 1 rings (SSSR count). The molecule has 0 saturated heterocycles. The number of carbonyl (C=O) groups is 1. The van der Waals surface area contributed by atoms with E-state index in [1.807, 2.05) is 0 Å². The van der Waals surface area contributed by atoms with Crippen LogP contribution in [0.2, 0.25) is 5.02 Å². The summed E-state index contributed by atoms with van der Waals surface area (Å²) >= 11 is 7.09. The molecule has 0 heterocycles. The molecule has 0 atom stereocenters. The summed E-state index contributed by atoms with van der Waals surface area (Å²) in [5.74, 6) is -1.69. The molecule has 0 spiro atoms. The molecule has 5 nitrogen and oxygen atoms in total. The van der Waals surface area contributed by atoms with Gasteiger partial charge < -0.3 is 4.74 Å². The van der Waals surface area contributed by atoms with Crippen LogP contribution in [-0.4, -0.2) is 24.5 Å². The third-order valence-electron chi connectivity index (χ3n) is 2.04. The minimum atomic E-state index is -0.890. The fraction of sp³-hybridized carbons (Fsp3) is 0.182. The molecule has 1 N–H and O–H groups in total. The van der Waals surface area contributed by atoms with Crippen LogP contribution in [-0.2, 0) is 4.74 Å². The zero-order chi connectivity index (χ0) is 14.4. The molecule has 0 amide bonds. The minimum Gasteiger partial charge on any atom is -0.465 e. The highest BCUT2D eigenvalue weighted by atomic mass is 35.5. The summed E-state index contributed by atoms with van der Waals surface area (Å²) in [6.45, 7) is 0. The Hall–Kier alpha value is -1.78. The van der Waals surface area contributed by atoms with Gasteiger partial charge in [-0.3, -0.25) is 5.32 Å². The van der Waals surface area contributed by atoms with Crippen LogP contribution < -0.4 is 5.32 Å². The standard InChI is InChI=1S/C11H9ClFN3O2S/c1-18-10(17)8-6(13)3-4-7(9(8)12)16-11(19-2)15-5-14/h3-4H,1-2H3,(H,15,16). The number of halogens is 2. The van der Waals surface area contributed by atoms with Crippen molar-refractivity contribution in [3.05, 3.63) is 28.5 Å². The Bertz CT molecular complexity index is 572. The average Bonchev–Trinajstić information content (AvgIpc) is 2.40. The molecular formula is C11H9ClFN3O2S. The van der Waals surface area contributed by atoms with Gasteiger partial charge >= 0.3 is 5.97 Å². The summed E-state index contributed by atoms with van der Waals surface area (Å²) in [6.07, 6.45) is 3.40. The van der Waals surface area contributed by atoms with Crippen LogP contribution in [0.4, 0.5) is 10.1 Å². The van der Waals surface area contributed by atoms with E-state index in [2.05, 4.69) is 15.0 Å². The molecule has 0 fully saturated rings. The first-order chi connectivity index (χ1) is 9.04. The molecule has 0 unspecified atom stereocenters. The zero-order valence-electron chi connectivity index (χ0n) is 10.0. The maximum absolute atomic E-state index is 13.5. The summed E-state index contributed by atoms with van der Waals surface area (Å²) in [5, 5.41) is 11.0. The number of nitrogens with zero attached hydrogens (tertiary/aromatic N) is 2. The number of nitriles is 1. The first kappa shape index (κ1) is 15.3. The Labute approximate surface area is 118 Å². The SMILES string of the molecule is COC(=O)c1c(F)ccc(N=C(NC#N)SC)c1Cl. The average molecular weight is 302 g/mol. The fourth-order valence-electron chi connectivity index (χ4n) is 1.20. The number of methoxy groups -OCH3 is 1. The number of benzene rings is 1. The highest BCUT2D eigenvalue weighted by Gasteiger charge is 2.19. The maximum Gasteiger partial charge on any atom is 0.342 e. The van der Waals surface area contributed by atoms with E-state index in [1.54, 1.807) is 12.4 Å². The van der Waals surface area contributed by atoms with Crippen molar-refractivity contribution in [2.24, 2.45) is 4.99 Å². The summed E-state index contributed by atoms with van der Waals surface area (Å²) in [7, 11) is 1.12. The minimum absolute atomic E-state index is 0.163. The normalized spacial score (nSPS) is 10.8. The van der Waals surface area contributed by atoms with E-state index in [4.69, 9.17) is 16.9 Å². The van der Waals surface area contributed by atoms with E-state index < -0.39 is 11.8 Å². The molecule has 19 heavy (non-hydrogen) atoms. The Morgan fingerprint density at radius 3 is 2.84 bits per heavy atom. The Balaban J connectivity index is 3.32. The molecule has 0 aliphatic rings. The second-order valence-electron chi connectivity index (χ2n) is 3.10. The number of hydrogen-bond donors (Lipinski definition) is 1. The molecule has 8 heteroatoms. The lowest BCUT2D eigenvalue weighted by Crippen LogP contribution is -2.12. The Morgan fingerprint density at radius 2 is 2.32 bits per heavy atom. The van der Waals surface area contributed by atoms with Crippen LogP contribution in [0, 0.1) is 17.3 Å². The van der Waals surface area contributed by atoms with Gasteiger partial charge in [0.2, 0.25) is 0 Å². The van der Waals surface area contributed by atoms with Gasteiger partial charge in [-0.05, 0) is 18.4 Å². The molecule has 0 aliphatic heterocycles. The van der Waals surface area contributed by atoms with Crippen LogP contribution in [0.5, 0.6) is 0 Å². The highest BCUT2D eigenvalue weighted by molar-refractivity contribution is 8.13. The van der Waals surface area contributed by atoms with Gasteiger partial charge in [-0.2, -0.15) is 5.26 Å². The van der Waals surface area contributed by atoms with E-state index in [-0.39, 0.29) is 21.4 Å². The second-order valence-corrected chi connectivity index (χ2v) is 4.28. The quantitative estimate of drug-likeness (QED) is 0.299. The van der Waals surface area contributed by atoms with Crippen molar-refractivity contribution in [2.45, 2.75) is 0 Å². The van der Waals surface area contributed by atoms with Crippen LogP contribution in [0.1, 0.15) is 10.4 Å². The summed E-state index contributed by atoms with van der Waals surface area (Å²) in [6, 6.07) is 2.36. The van der Waals surface area contributed by atoms with Crippen molar-refractivity contribution in [1.82, 2.24) is 5.32 Å². The van der Waals surface area contributed by atoms with Crippen molar-refractivity contribution in [2.75, 3.05) is 13.4 Å². The van der Waals surface area contributed by atoms with Crippen molar-refractivity contribution in [3.63, 3.8) is 0 Å². The van der Waals surface area contributed by atoms with Crippen molar-refractivity contribution >= 4 is 40.2 Å². The lowest BCUT2D eigenvalue weighted by molar-refractivity contribution is 0.0596. The predicted molar refractivity (Wildman–Crippen MR) is 72.1 cm³/mol. The predicted octanol–water partition coefficient (Wildman–Crippen LogP) is 2.69. The van der Waals surface area contributed by atoms with Crippen LogP contribution in [0.25, 0.3) is 0 Å². The topological polar surface area (TPSA) is 74.5 Å². The molecule has 0 aliphatic carbocycles. The fourth-order valence-corrected chi connectivity index (χ4v) is 1.81. The van der Waals surface area contributed by atoms with Gasteiger partial charge in [-0.1, -0.05) is 23.4 Å². The summed E-state index contributed by atoms with van der Waals surface area (Å²) in [4.78, 5) is 15.4. The van der Waals surface area contributed by atoms with E-state index in [9.17, 15) is 9.18 Å². The molecule has 0 bridgehead atoms. The number of ether oxygens (including phenoxy) is 1. The smallest absolute Gasteiger partial charge is 0.342 e. The van der Waals surface area contributed by atoms with Gasteiger partial charge in [0.1, 0.15) is 11.4 Å². The molecule has 0 aromatic heterocycles. The van der Waals surface area contributed by atoms with Gasteiger partial charge in [0.25, 0.3) is 0 Å². The molecule has 100 valence electrons. The van der Waals surface area contributed by atoms with Gasteiger partial charge in [0, 0.05) is 0 Å². The lowest BCUT2D eigenvalue weighted by atomic mass is 10.2. The van der Waals surface area contributed by atoms with E-state index >= 15 is 0 Å². The van der Waals surface area contributed by atoms with E-state index in [0.29, 0.717) is 0 Å². The number of amidine groups is 1. The maximum atomic E-state index is 13.5. The number of rotatable bonds is 2. The first-order valence-electron chi connectivity index (χ1n) is 4.89. The second kappa shape index (κ2) is 6.97. The molecule has 0 saturated carbocycles. The van der Waals surface area contributed by atoms with Gasteiger partial charge in [0.05, 0.1) is 17.8 Å². The van der Waals surface area contributed by atoms with Crippen molar-refractivity contribution in [1.29, 1.82) is 5.26 Å². The van der Waals surface area contributed by atoms with Crippen molar-refractivity contribution < 1.29 is 13.9 Å². The van der Waals surface area contributed by atoms with Gasteiger partial charge in [-0.25, -0.2) is 14.2 Å². The van der Waals surface area contributed by atoms with E-state index in [1.165, 1.54) is 17.8 Å². The molecular weight excluding hydrogens is 293 g/mol.